The molecule has 3 rings (SSSR count). The molecule has 1 unspecified atom stereocenters. The smallest absolute Gasteiger partial charge is 0.180 e. The normalized spacial score (nSPS) is 25.4. The van der Waals surface area contributed by atoms with Gasteiger partial charge in [0, 0.05) is 24.2 Å². The molecule has 19 heavy (non-hydrogen) atoms. The van der Waals surface area contributed by atoms with E-state index in [2.05, 4.69) is 9.88 Å². The van der Waals surface area contributed by atoms with Crippen LogP contribution < -0.4 is 5.73 Å². The summed E-state index contributed by atoms with van der Waals surface area (Å²) in [6.45, 7) is 4.35. The fourth-order valence-corrected chi connectivity index (χ4v) is 3.80. The molecule has 4 nitrogen and oxygen atoms in total. The lowest BCUT2D eigenvalue weighted by molar-refractivity contribution is 0.0306. The summed E-state index contributed by atoms with van der Waals surface area (Å²) in [6.07, 6.45) is 7.54. The number of hydrogen-bond donors (Lipinski definition) is 1. The molecule has 0 aromatic carbocycles. The summed E-state index contributed by atoms with van der Waals surface area (Å²) in [5.74, 6) is 0.787. The SMILES string of the molecule is Cl.Nc1ncc(CN2CCC(C3CCCO3)CC2)s1. The first kappa shape index (κ1) is 15.0. The second-order valence-corrected chi connectivity index (χ2v) is 6.48. The van der Waals surface area contributed by atoms with Crippen molar-refractivity contribution in [2.45, 2.75) is 38.3 Å². The molecule has 3 heterocycles. The van der Waals surface area contributed by atoms with E-state index in [1.54, 1.807) is 11.3 Å². The summed E-state index contributed by atoms with van der Waals surface area (Å²) in [5, 5.41) is 0.680. The van der Waals surface area contributed by atoms with Crippen LogP contribution in [-0.4, -0.2) is 35.7 Å². The van der Waals surface area contributed by atoms with Gasteiger partial charge in [0.1, 0.15) is 0 Å². The highest BCUT2D eigenvalue weighted by molar-refractivity contribution is 7.15. The second-order valence-electron chi connectivity index (χ2n) is 5.33. The zero-order valence-electron chi connectivity index (χ0n) is 11.1. The van der Waals surface area contributed by atoms with Gasteiger partial charge in [-0.05, 0) is 44.7 Å². The van der Waals surface area contributed by atoms with Gasteiger partial charge in [-0.3, -0.25) is 4.90 Å². The monoisotopic (exact) mass is 303 g/mol. The topological polar surface area (TPSA) is 51.4 Å². The first-order chi connectivity index (χ1) is 8.81. The molecule has 6 heteroatoms. The van der Waals surface area contributed by atoms with Crippen LogP contribution in [0.4, 0.5) is 5.13 Å². The van der Waals surface area contributed by atoms with E-state index in [0.717, 1.165) is 19.1 Å². The quantitative estimate of drug-likeness (QED) is 0.932. The summed E-state index contributed by atoms with van der Waals surface area (Å²) < 4.78 is 5.81. The van der Waals surface area contributed by atoms with Crippen molar-refractivity contribution in [1.29, 1.82) is 0 Å². The number of rotatable bonds is 3. The summed E-state index contributed by atoms with van der Waals surface area (Å²) >= 11 is 1.61. The van der Waals surface area contributed by atoms with E-state index in [1.807, 2.05) is 6.20 Å². The molecule has 0 aliphatic carbocycles. The number of nitrogen functional groups attached to an aromatic ring is 1. The molecule has 1 aromatic rings. The number of anilines is 1. The molecule has 2 aliphatic rings. The largest absolute Gasteiger partial charge is 0.378 e. The van der Waals surface area contributed by atoms with Gasteiger partial charge in [0.15, 0.2) is 5.13 Å². The van der Waals surface area contributed by atoms with Crippen molar-refractivity contribution in [3.05, 3.63) is 11.1 Å². The van der Waals surface area contributed by atoms with E-state index in [1.165, 1.54) is 43.6 Å². The van der Waals surface area contributed by atoms with Crippen molar-refractivity contribution in [3.63, 3.8) is 0 Å². The highest BCUT2D eigenvalue weighted by Crippen LogP contribution is 2.29. The van der Waals surface area contributed by atoms with Gasteiger partial charge < -0.3 is 10.5 Å². The Bertz CT molecular complexity index is 387. The Labute approximate surface area is 124 Å². The van der Waals surface area contributed by atoms with Crippen LogP contribution in [0.15, 0.2) is 6.20 Å². The lowest BCUT2D eigenvalue weighted by Crippen LogP contribution is -2.37. The van der Waals surface area contributed by atoms with Crippen molar-refractivity contribution in [3.8, 4) is 0 Å². The molecule has 2 N–H and O–H groups in total. The van der Waals surface area contributed by atoms with Crippen LogP contribution in [0.5, 0.6) is 0 Å². The van der Waals surface area contributed by atoms with E-state index in [-0.39, 0.29) is 12.4 Å². The first-order valence-electron chi connectivity index (χ1n) is 6.85. The van der Waals surface area contributed by atoms with Crippen LogP contribution >= 0.6 is 23.7 Å². The maximum absolute atomic E-state index is 5.81. The van der Waals surface area contributed by atoms with Crippen LogP contribution in [0.1, 0.15) is 30.6 Å². The fraction of sp³-hybridized carbons (Fsp3) is 0.769. The Morgan fingerprint density at radius 2 is 2.16 bits per heavy atom. The van der Waals surface area contributed by atoms with E-state index in [9.17, 15) is 0 Å². The number of hydrogen-bond acceptors (Lipinski definition) is 5. The van der Waals surface area contributed by atoms with Crippen molar-refractivity contribution in [2.75, 3.05) is 25.4 Å². The van der Waals surface area contributed by atoms with E-state index < -0.39 is 0 Å². The molecule has 2 aliphatic heterocycles. The highest BCUT2D eigenvalue weighted by atomic mass is 35.5. The molecule has 0 radical (unpaired) electrons. The van der Waals surface area contributed by atoms with E-state index >= 15 is 0 Å². The predicted molar refractivity (Wildman–Crippen MR) is 80.7 cm³/mol. The Balaban J connectivity index is 0.00000133. The number of halogens is 1. The maximum atomic E-state index is 5.81. The Hall–Kier alpha value is -0.360. The van der Waals surface area contributed by atoms with Crippen molar-refractivity contribution >= 4 is 28.9 Å². The van der Waals surface area contributed by atoms with Crippen LogP contribution in [0.25, 0.3) is 0 Å². The van der Waals surface area contributed by atoms with Crippen molar-refractivity contribution in [2.24, 2.45) is 5.92 Å². The zero-order chi connectivity index (χ0) is 12.4. The lowest BCUT2D eigenvalue weighted by atomic mass is 9.90. The van der Waals surface area contributed by atoms with Crippen molar-refractivity contribution in [1.82, 2.24) is 9.88 Å². The number of piperidine rings is 1. The van der Waals surface area contributed by atoms with Gasteiger partial charge in [0.2, 0.25) is 0 Å². The maximum Gasteiger partial charge on any atom is 0.180 e. The van der Waals surface area contributed by atoms with Crippen LogP contribution in [0.3, 0.4) is 0 Å². The number of nitrogens with two attached hydrogens (primary N) is 1. The molecule has 0 saturated carbocycles. The van der Waals surface area contributed by atoms with E-state index in [4.69, 9.17) is 10.5 Å². The minimum Gasteiger partial charge on any atom is -0.378 e. The molecule has 1 aromatic heterocycles. The summed E-state index contributed by atoms with van der Waals surface area (Å²) in [4.78, 5) is 7.90. The predicted octanol–water partition coefficient (Wildman–Crippen LogP) is 2.54. The minimum atomic E-state index is 0. The molecule has 108 valence electrons. The van der Waals surface area contributed by atoms with Gasteiger partial charge >= 0.3 is 0 Å². The molecule has 2 fully saturated rings. The van der Waals surface area contributed by atoms with Gasteiger partial charge in [-0.1, -0.05) is 0 Å². The van der Waals surface area contributed by atoms with Crippen LogP contribution in [0.2, 0.25) is 0 Å². The van der Waals surface area contributed by atoms with Gasteiger partial charge in [-0.15, -0.1) is 23.7 Å². The third-order valence-corrected chi connectivity index (χ3v) is 4.89. The molecule has 1 atom stereocenters. The molecule has 0 amide bonds. The second kappa shape index (κ2) is 6.88. The van der Waals surface area contributed by atoms with Crippen LogP contribution in [0, 0.1) is 5.92 Å². The van der Waals surface area contributed by atoms with Crippen LogP contribution in [-0.2, 0) is 11.3 Å². The Morgan fingerprint density at radius 1 is 1.37 bits per heavy atom. The number of nitrogens with zero attached hydrogens (tertiary/aromatic N) is 2. The summed E-state index contributed by atoms with van der Waals surface area (Å²) in [7, 11) is 0. The third-order valence-electron chi connectivity index (χ3n) is 4.07. The number of aromatic nitrogens is 1. The number of likely N-dealkylation sites (tertiary alicyclic amines) is 1. The van der Waals surface area contributed by atoms with Gasteiger partial charge in [-0.2, -0.15) is 0 Å². The third kappa shape index (κ3) is 3.81. The molecule has 0 bridgehead atoms. The number of ether oxygens (including phenoxy) is 1. The Morgan fingerprint density at radius 3 is 2.74 bits per heavy atom. The molecular weight excluding hydrogens is 282 g/mol. The standard InChI is InChI=1S/C13H21N3OS.ClH/c14-13-15-8-11(18-13)9-16-5-3-10(4-6-16)12-2-1-7-17-12;/h8,10,12H,1-7,9H2,(H2,14,15);1H. The zero-order valence-corrected chi connectivity index (χ0v) is 12.7. The fourth-order valence-electron chi connectivity index (χ4n) is 3.07. The average Bonchev–Trinajstić information content (AvgIpc) is 3.02. The first-order valence-corrected chi connectivity index (χ1v) is 7.67. The molecule has 2 saturated heterocycles. The summed E-state index contributed by atoms with van der Waals surface area (Å²) in [6, 6.07) is 0. The van der Waals surface area contributed by atoms with Gasteiger partial charge in [-0.25, -0.2) is 4.98 Å². The molecular formula is C13H22ClN3OS. The van der Waals surface area contributed by atoms with Crippen molar-refractivity contribution < 1.29 is 4.74 Å². The number of thiazole rings is 1. The van der Waals surface area contributed by atoms with Gasteiger partial charge in [0.25, 0.3) is 0 Å². The van der Waals surface area contributed by atoms with Gasteiger partial charge in [0.05, 0.1) is 6.10 Å². The molecule has 0 spiro atoms. The lowest BCUT2D eigenvalue weighted by Gasteiger charge is -2.34. The minimum absolute atomic E-state index is 0. The average molecular weight is 304 g/mol. The van der Waals surface area contributed by atoms with E-state index in [0.29, 0.717) is 11.2 Å². The summed E-state index contributed by atoms with van der Waals surface area (Å²) in [5.41, 5.74) is 5.66. The highest BCUT2D eigenvalue weighted by Gasteiger charge is 2.29. The Kier molecular flexibility index (Phi) is 5.45.